The van der Waals surface area contributed by atoms with E-state index in [1.807, 2.05) is 23.1 Å². The molecule has 2 atom stereocenters. The van der Waals surface area contributed by atoms with E-state index in [2.05, 4.69) is 14.8 Å². The van der Waals surface area contributed by atoms with E-state index in [0.29, 0.717) is 31.1 Å². The number of methoxy groups -OCH3 is 3. The number of benzene rings is 1. The van der Waals surface area contributed by atoms with E-state index in [4.69, 9.17) is 14.2 Å². The lowest BCUT2D eigenvalue weighted by Gasteiger charge is -2.44. The van der Waals surface area contributed by atoms with Gasteiger partial charge in [-0.15, -0.1) is 10.2 Å². The molecule has 8 heteroatoms. The van der Waals surface area contributed by atoms with Crippen LogP contribution in [0.4, 0.5) is 0 Å². The molecule has 8 nitrogen and oxygen atoms in total. The SMILES string of the molecule is COCCC(=O)N1Cc2nnc(-c3ccc(OC)c(OC)c3)n2[C@H]2CCCC[C@@H]21. The minimum absolute atomic E-state index is 0.130. The minimum Gasteiger partial charge on any atom is -0.493 e. The third-order valence-corrected chi connectivity index (χ3v) is 5.99. The number of nitrogens with zero attached hydrogens (tertiary/aromatic N) is 4. The summed E-state index contributed by atoms with van der Waals surface area (Å²) in [5, 5.41) is 8.95. The largest absolute Gasteiger partial charge is 0.493 e. The first-order chi connectivity index (χ1) is 14.2. The predicted octanol–water partition coefficient (Wildman–Crippen LogP) is 2.82. The second-order valence-corrected chi connectivity index (χ2v) is 7.56. The molecule has 1 aromatic heterocycles. The molecule has 1 fully saturated rings. The number of aromatic nitrogens is 3. The molecule has 2 aliphatic rings. The molecule has 29 heavy (non-hydrogen) atoms. The van der Waals surface area contributed by atoms with Gasteiger partial charge in [-0.2, -0.15) is 0 Å². The highest BCUT2D eigenvalue weighted by Gasteiger charge is 2.41. The lowest BCUT2D eigenvalue weighted by molar-refractivity contribution is -0.138. The van der Waals surface area contributed by atoms with Crippen LogP contribution >= 0.6 is 0 Å². The molecule has 156 valence electrons. The molecule has 2 heterocycles. The van der Waals surface area contributed by atoms with Gasteiger partial charge >= 0.3 is 0 Å². The summed E-state index contributed by atoms with van der Waals surface area (Å²) in [6, 6.07) is 6.17. The first-order valence-corrected chi connectivity index (χ1v) is 10.1. The maximum atomic E-state index is 12.8. The molecular weight excluding hydrogens is 372 g/mol. The zero-order chi connectivity index (χ0) is 20.4. The van der Waals surface area contributed by atoms with E-state index in [-0.39, 0.29) is 18.0 Å². The Labute approximate surface area is 170 Å². The predicted molar refractivity (Wildman–Crippen MR) is 107 cm³/mol. The Kier molecular flexibility index (Phi) is 5.71. The number of ether oxygens (including phenoxy) is 3. The Balaban J connectivity index is 1.71. The molecule has 0 N–H and O–H groups in total. The second kappa shape index (κ2) is 8.41. The standard InChI is InChI=1S/C21H28N4O4/c1-27-11-10-20(26)24-13-19-22-23-21(25(19)16-7-5-4-6-15(16)24)14-8-9-17(28-2)18(12-14)29-3/h8-9,12,15-16H,4-7,10-11,13H2,1-3H3/t15-,16-/m0/s1. The fraction of sp³-hybridized carbons (Fsp3) is 0.571. The Morgan fingerprint density at radius 2 is 1.83 bits per heavy atom. The van der Waals surface area contributed by atoms with Crippen LogP contribution in [0, 0.1) is 0 Å². The van der Waals surface area contributed by atoms with E-state index < -0.39 is 0 Å². The Bertz CT molecular complexity index is 882. The average molecular weight is 400 g/mol. The molecular formula is C21H28N4O4. The van der Waals surface area contributed by atoms with E-state index in [9.17, 15) is 4.79 Å². The summed E-state index contributed by atoms with van der Waals surface area (Å²) in [6.07, 6.45) is 4.70. The third-order valence-electron chi connectivity index (χ3n) is 5.99. The molecule has 0 unspecified atom stereocenters. The molecule has 1 aromatic carbocycles. The van der Waals surface area contributed by atoms with Crippen molar-refractivity contribution in [1.82, 2.24) is 19.7 Å². The van der Waals surface area contributed by atoms with Gasteiger partial charge in [-0.1, -0.05) is 12.8 Å². The maximum Gasteiger partial charge on any atom is 0.225 e. The van der Waals surface area contributed by atoms with Gasteiger partial charge in [-0.3, -0.25) is 4.79 Å². The van der Waals surface area contributed by atoms with Gasteiger partial charge in [0.05, 0.1) is 45.9 Å². The maximum absolute atomic E-state index is 12.8. The van der Waals surface area contributed by atoms with Gasteiger partial charge in [0, 0.05) is 12.7 Å². The van der Waals surface area contributed by atoms with Crippen LogP contribution in [0.2, 0.25) is 0 Å². The summed E-state index contributed by atoms with van der Waals surface area (Å²) in [5.74, 6) is 3.13. The minimum atomic E-state index is 0.130. The summed E-state index contributed by atoms with van der Waals surface area (Å²) in [7, 11) is 4.87. The van der Waals surface area contributed by atoms with Crippen LogP contribution in [0.15, 0.2) is 18.2 Å². The normalized spacial score (nSPS) is 20.7. The Morgan fingerprint density at radius 3 is 2.55 bits per heavy atom. The van der Waals surface area contributed by atoms with Crippen molar-refractivity contribution >= 4 is 5.91 Å². The lowest BCUT2D eigenvalue weighted by Crippen LogP contribution is -2.50. The number of carbonyl (C=O) groups excluding carboxylic acids is 1. The van der Waals surface area contributed by atoms with Crippen LogP contribution in [0.3, 0.4) is 0 Å². The molecule has 0 radical (unpaired) electrons. The molecule has 1 aliphatic heterocycles. The van der Waals surface area contributed by atoms with Gasteiger partial charge in [0.1, 0.15) is 0 Å². The fourth-order valence-corrected chi connectivity index (χ4v) is 4.58. The summed E-state index contributed by atoms with van der Waals surface area (Å²) in [6.45, 7) is 0.931. The molecule has 1 aliphatic carbocycles. The fourth-order valence-electron chi connectivity index (χ4n) is 4.58. The Hall–Kier alpha value is -2.61. The average Bonchev–Trinajstić information content (AvgIpc) is 3.20. The van der Waals surface area contributed by atoms with Crippen LogP contribution < -0.4 is 9.47 Å². The van der Waals surface area contributed by atoms with Gasteiger partial charge in [0.15, 0.2) is 23.1 Å². The summed E-state index contributed by atoms with van der Waals surface area (Å²) < 4.78 is 18.2. The van der Waals surface area contributed by atoms with E-state index in [0.717, 1.165) is 42.9 Å². The summed E-state index contributed by atoms with van der Waals surface area (Å²) in [4.78, 5) is 14.8. The van der Waals surface area contributed by atoms with Crippen LogP contribution in [0.1, 0.15) is 44.0 Å². The highest BCUT2D eigenvalue weighted by atomic mass is 16.5. The van der Waals surface area contributed by atoms with Crippen molar-refractivity contribution in [2.45, 2.75) is 50.7 Å². The van der Waals surface area contributed by atoms with E-state index in [1.54, 1.807) is 21.3 Å². The van der Waals surface area contributed by atoms with E-state index in [1.165, 1.54) is 0 Å². The topological polar surface area (TPSA) is 78.7 Å². The van der Waals surface area contributed by atoms with E-state index >= 15 is 0 Å². The van der Waals surface area contributed by atoms with Crippen molar-refractivity contribution in [3.8, 4) is 22.9 Å². The number of carbonyl (C=O) groups is 1. The van der Waals surface area contributed by atoms with Gasteiger partial charge < -0.3 is 23.7 Å². The van der Waals surface area contributed by atoms with Crippen molar-refractivity contribution in [2.75, 3.05) is 27.9 Å². The quantitative estimate of drug-likeness (QED) is 0.742. The highest BCUT2D eigenvalue weighted by Crippen LogP contribution is 2.41. The van der Waals surface area contributed by atoms with Crippen molar-refractivity contribution in [2.24, 2.45) is 0 Å². The molecule has 2 aromatic rings. The zero-order valence-corrected chi connectivity index (χ0v) is 17.3. The summed E-state index contributed by atoms with van der Waals surface area (Å²) in [5.41, 5.74) is 0.935. The van der Waals surface area contributed by atoms with Crippen LogP contribution in [-0.4, -0.2) is 59.5 Å². The van der Waals surface area contributed by atoms with Gasteiger partial charge in [0.25, 0.3) is 0 Å². The van der Waals surface area contributed by atoms with Crippen molar-refractivity contribution in [3.63, 3.8) is 0 Å². The van der Waals surface area contributed by atoms with Crippen molar-refractivity contribution in [3.05, 3.63) is 24.0 Å². The molecule has 0 saturated heterocycles. The number of hydrogen-bond donors (Lipinski definition) is 0. The molecule has 1 amide bonds. The Morgan fingerprint density at radius 1 is 1.07 bits per heavy atom. The van der Waals surface area contributed by atoms with Crippen molar-refractivity contribution < 1.29 is 19.0 Å². The second-order valence-electron chi connectivity index (χ2n) is 7.56. The highest BCUT2D eigenvalue weighted by molar-refractivity contribution is 5.77. The zero-order valence-electron chi connectivity index (χ0n) is 17.3. The molecule has 0 bridgehead atoms. The van der Waals surface area contributed by atoms with Gasteiger partial charge in [0.2, 0.25) is 5.91 Å². The number of rotatable bonds is 6. The first kappa shape index (κ1) is 19.7. The van der Waals surface area contributed by atoms with Gasteiger partial charge in [-0.05, 0) is 31.0 Å². The number of amides is 1. The van der Waals surface area contributed by atoms with Gasteiger partial charge in [-0.25, -0.2) is 0 Å². The molecule has 4 rings (SSSR count). The summed E-state index contributed by atoms with van der Waals surface area (Å²) >= 11 is 0. The van der Waals surface area contributed by atoms with Crippen molar-refractivity contribution in [1.29, 1.82) is 0 Å². The smallest absolute Gasteiger partial charge is 0.225 e. The monoisotopic (exact) mass is 400 g/mol. The number of hydrogen-bond acceptors (Lipinski definition) is 6. The van der Waals surface area contributed by atoms with Crippen LogP contribution in [0.5, 0.6) is 11.5 Å². The first-order valence-electron chi connectivity index (χ1n) is 10.1. The number of fused-ring (bicyclic) bond motifs is 3. The van der Waals surface area contributed by atoms with Crippen LogP contribution in [-0.2, 0) is 16.1 Å². The third kappa shape index (κ3) is 3.57. The van der Waals surface area contributed by atoms with Crippen LogP contribution in [0.25, 0.3) is 11.4 Å². The molecule has 1 saturated carbocycles. The lowest BCUT2D eigenvalue weighted by atomic mass is 9.87. The molecule has 0 spiro atoms.